The molecule has 1 fully saturated rings. The van der Waals surface area contributed by atoms with E-state index >= 15 is 0 Å². The largest absolute Gasteiger partial charge is 0.444 e. The molecule has 36 heavy (non-hydrogen) atoms. The first kappa shape index (κ1) is 25.2. The molecule has 0 saturated carbocycles. The highest BCUT2D eigenvalue weighted by atomic mass is 16.6. The van der Waals surface area contributed by atoms with Crippen LogP contribution in [0.3, 0.4) is 0 Å². The van der Waals surface area contributed by atoms with Gasteiger partial charge < -0.3 is 25.3 Å². The maximum atomic E-state index is 13.3. The summed E-state index contributed by atoms with van der Waals surface area (Å²) in [5, 5.41) is 14.9. The van der Waals surface area contributed by atoms with Crippen LogP contribution in [0, 0.1) is 12.3 Å². The summed E-state index contributed by atoms with van der Waals surface area (Å²) in [5.74, 6) is -0.320. The number of H-pyrrole nitrogens is 1. The summed E-state index contributed by atoms with van der Waals surface area (Å²) in [6, 6.07) is 5.78. The number of amides is 2. The number of aryl methyl sites for hydroxylation is 1. The highest BCUT2D eigenvalue weighted by Gasteiger charge is 2.39. The number of nitrogens with zero attached hydrogens (tertiary/aromatic N) is 3. The Hall–Kier alpha value is -3.95. The minimum absolute atomic E-state index is 0.206. The molecule has 2 amide bonds. The van der Waals surface area contributed by atoms with Gasteiger partial charge in [0.25, 0.3) is 5.91 Å². The van der Waals surface area contributed by atoms with E-state index in [4.69, 9.17) is 10.1 Å². The number of aromatic amines is 1. The standard InChI is InChI=1S/C26H33N7O3/c1-15-7-8-16(18(11-15)28-6)20(27)19-13-30-22-21(31-19)17(12-29-22)23(34)32-26(5)9-10-33(14-26)24(35)36-25(2,3)4/h7-8,11-13,27-28H,9-10,14H2,1-6H3,(H,29,30)(H,32,34). The molecule has 0 bridgehead atoms. The van der Waals surface area contributed by atoms with Crippen LogP contribution in [0.5, 0.6) is 0 Å². The van der Waals surface area contributed by atoms with E-state index < -0.39 is 17.2 Å². The smallest absolute Gasteiger partial charge is 0.410 e. The lowest BCUT2D eigenvalue weighted by Gasteiger charge is -2.27. The van der Waals surface area contributed by atoms with Gasteiger partial charge in [-0.25, -0.2) is 14.8 Å². The molecule has 0 aliphatic carbocycles. The lowest BCUT2D eigenvalue weighted by molar-refractivity contribution is 0.0280. The second-order valence-corrected chi connectivity index (χ2v) is 10.5. The molecule has 1 aromatic carbocycles. The number of rotatable bonds is 5. The number of likely N-dealkylation sites (tertiary alicyclic amines) is 1. The van der Waals surface area contributed by atoms with Crippen molar-refractivity contribution in [3.63, 3.8) is 0 Å². The average Bonchev–Trinajstić information content (AvgIpc) is 3.40. The van der Waals surface area contributed by atoms with Crippen molar-refractivity contribution < 1.29 is 14.3 Å². The average molecular weight is 492 g/mol. The molecule has 1 saturated heterocycles. The molecule has 3 aromatic rings. The van der Waals surface area contributed by atoms with E-state index in [-0.39, 0.29) is 11.6 Å². The number of hydrogen-bond acceptors (Lipinski definition) is 7. The predicted octanol–water partition coefficient (Wildman–Crippen LogP) is 3.85. The Bertz CT molecular complexity index is 1340. The lowest BCUT2D eigenvalue weighted by atomic mass is 10.0. The molecule has 4 N–H and O–H groups in total. The van der Waals surface area contributed by atoms with Crippen LogP contribution < -0.4 is 10.6 Å². The van der Waals surface area contributed by atoms with Crippen molar-refractivity contribution in [3.8, 4) is 0 Å². The van der Waals surface area contributed by atoms with Crippen LogP contribution in [0.15, 0.2) is 30.6 Å². The molecule has 10 heteroatoms. The van der Waals surface area contributed by atoms with Crippen molar-refractivity contribution in [1.82, 2.24) is 25.2 Å². The second kappa shape index (κ2) is 9.25. The number of carbonyl (C=O) groups excluding carboxylic acids is 2. The Morgan fingerprint density at radius 3 is 2.69 bits per heavy atom. The van der Waals surface area contributed by atoms with E-state index in [9.17, 15) is 9.59 Å². The Kier molecular flexibility index (Phi) is 6.46. The van der Waals surface area contributed by atoms with E-state index in [1.165, 1.54) is 6.20 Å². The van der Waals surface area contributed by atoms with Crippen molar-refractivity contribution in [2.75, 3.05) is 25.5 Å². The third-order valence-electron chi connectivity index (χ3n) is 6.14. The number of fused-ring (bicyclic) bond motifs is 1. The molecule has 1 unspecified atom stereocenters. The van der Waals surface area contributed by atoms with Gasteiger partial charge in [-0.15, -0.1) is 0 Å². The fourth-order valence-corrected chi connectivity index (χ4v) is 4.29. The number of ether oxygens (including phenoxy) is 1. The van der Waals surface area contributed by atoms with Crippen LogP contribution in [0.25, 0.3) is 11.2 Å². The van der Waals surface area contributed by atoms with Crippen molar-refractivity contribution in [1.29, 1.82) is 5.41 Å². The Morgan fingerprint density at radius 1 is 1.25 bits per heavy atom. The zero-order chi connectivity index (χ0) is 26.3. The van der Waals surface area contributed by atoms with Crippen molar-refractivity contribution in [2.45, 2.75) is 52.2 Å². The number of benzene rings is 1. The van der Waals surface area contributed by atoms with E-state index in [1.54, 1.807) is 11.1 Å². The fourth-order valence-electron chi connectivity index (χ4n) is 4.29. The first-order valence-corrected chi connectivity index (χ1v) is 11.9. The second-order valence-electron chi connectivity index (χ2n) is 10.5. The van der Waals surface area contributed by atoms with Gasteiger partial charge in [0.1, 0.15) is 16.8 Å². The highest BCUT2D eigenvalue weighted by Crippen LogP contribution is 2.25. The monoisotopic (exact) mass is 491 g/mol. The van der Waals surface area contributed by atoms with Gasteiger partial charge in [0.15, 0.2) is 5.65 Å². The summed E-state index contributed by atoms with van der Waals surface area (Å²) in [6.07, 6.45) is 3.31. The predicted molar refractivity (Wildman–Crippen MR) is 139 cm³/mol. The molecule has 0 spiro atoms. The maximum Gasteiger partial charge on any atom is 0.410 e. The summed E-state index contributed by atoms with van der Waals surface area (Å²) in [6.45, 7) is 10.2. The molecular formula is C26H33N7O3. The summed E-state index contributed by atoms with van der Waals surface area (Å²) >= 11 is 0. The Labute approximate surface area is 210 Å². The lowest BCUT2D eigenvalue weighted by Crippen LogP contribution is -2.49. The van der Waals surface area contributed by atoms with Crippen LogP contribution in [0.4, 0.5) is 10.5 Å². The van der Waals surface area contributed by atoms with Gasteiger partial charge in [-0.05, 0) is 52.7 Å². The summed E-state index contributed by atoms with van der Waals surface area (Å²) < 4.78 is 5.47. The third-order valence-corrected chi connectivity index (χ3v) is 6.14. The van der Waals surface area contributed by atoms with E-state index in [1.807, 2.05) is 59.9 Å². The SMILES string of the molecule is CNc1cc(C)ccc1C(=N)c1cnc2[nH]cc(C(=O)NC3(C)CCN(C(=O)OC(C)(C)C)C3)c2n1. The van der Waals surface area contributed by atoms with Gasteiger partial charge in [-0.3, -0.25) is 10.2 Å². The van der Waals surface area contributed by atoms with Gasteiger partial charge in [-0.2, -0.15) is 0 Å². The molecule has 1 aliphatic rings. The van der Waals surface area contributed by atoms with E-state index in [0.29, 0.717) is 47.5 Å². The van der Waals surface area contributed by atoms with Gasteiger partial charge >= 0.3 is 6.09 Å². The van der Waals surface area contributed by atoms with Crippen molar-refractivity contribution >= 4 is 34.6 Å². The van der Waals surface area contributed by atoms with Crippen LogP contribution >= 0.6 is 0 Å². The number of aromatic nitrogens is 3. The molecule has 2 aromatic heterocycles. The number of carbonyl (C=O) groups is 2. The quantitative estimate of drug-likeness (QED) is 0.400. The van der Waals surface area contributed by atoms with Gasteiger partial charge in [0.05, 0.1) is 23.0 Å². The van der Waals surface area contributed by atoms with Crippen molar-refractivity contribution in [2.24, 2.45) is 0 Å². The zero-order valence-corrected chi connectivity index (χ0v) is 21.6. The maximum absolute atomic E-state index is 13.3. The molecule has 1 atom stereocenters. The summed E-state index contributed by atoms with van der Waals surface area (Å²) in [5.41, 5.74) is 3.14. The molecule has 10 nitrogen and oxygen atoms in total. The molecule has 190 valence electrons. The summed E-state index contributed by atoms with van der Waals surface area (Å²) in [4.78, 5) is 39.4. The Morgan fingerprint density at radius 2 is 2.00 bits per heavy atom. The molecule has 0 radical (unpaired) electrons. The normalized spacial score (nSPS) is 17.8. The molecule has 1 aliphatic heterocycles. The van der Waals surface area contributed by atoms with Gasteiger partial charge in [-0.1, -0.05) is 12.1 Å². The number of hydrogen-bond donors (Lipinski definition) is 4. The van der Waals surface area contributed by atoms with E-state index in [2.05, 4.69) is 25.6 Å². The van der Waals surface area contributed by atoms with Crippen LogP contribution in [-0.4, -0.2) is 68.8 Å². The molecule has 4 rings (SSSR count). The minimum Gasteiger partial charge on any atom is -0.444 e. The fraction of sp³-hybridized carbons (Fsp3) is 0.423. The molecule has 3 heterocycles. The first-order chi connectivity index (χ1) is 16.9. The van der Waals surface area contributed by atoms with Crippen LogP contribution in [0.2, 0.25) is 0 Å². The van der Waals surface area contributed by atoms with Crippen LogP contribution in [-0.2, 0) is 4.74 Å². The van der Waals surface area contributed by atoms with Crippen molar-refractivity contribution in [3.05, 3.63) is 53.0 Å². The summed E-state index contributed by atoms with van der Waals surface area (Å²) in [7, 11) is 1.81. The first-order valence-electron chi connectivity index (χ1n) is 11.9. The van der Waals surface area contributed by atoms with Gasteiger partial charge in [0, 0.05) is 37.6 Å². The number of nitrogens with one attached hydrogen (secondary N) is 4. The topological polar surface area (TPSA) is 136 Å². The van der Waals surface area contributed by atoms with Crippen LogP contribution in [0.1, 0.15) is 61.3 Å². The van der Waals surface area contributed by atoms with E-state index in [0.717, 1.165) is 11.3 Å². The molecular weight excluding hydrogens is 458 g/mol. The van der Waals surface area contributed by atoms with Gasteiger partial charge in [0.2, 0.25) is 0 Å². The highest BCUT2D eigenvalue weighted by molar-refractivity contribution is 6.14. The zero-order valence-electron chi connectivity index (χ0n) is 21.6. The minimum atomic E-state index is -0.612. The Balaban J connectivity index is 1.55. The number of anilines is 1. The third kappa shape index (κ3) is 5.17.